The number of carbonyl (C=O) groups excluding carboxylic acids is 3. The van der Waals surface area contributed by atoms with Gasteiger partial charge in [-0.2, -0.15) is 0 Å². The van der Waals surface area contributed by atoms with Crippen LogP contribution in [0.1, 0.15) is 53.6 Å². The maximum absolute atomic E-state index is 13.4. The number of hydrogen-bond acceptors (Lipinski definition) is 7. The van der Waals surface area contributed by atoms with E-state index in [0.29, 0.717) is 47.2 Å². The first kappa shape index (κ1) is 31.5. The van der Waals surface area contributed by atoms with Crippen molar-refractivity contribution >= 4 is 62.2 Å². The van der Waals surface area contributed by atoms with E-state index in [4.69, 9.17) is 31.5 Å². The number of ether oxygens (including phenoxy) is 3. The Bertz CT molecular complexity index is 1440. The van der Waals surface area contributed by atoms with Crippen LogP contribution in [0.25, 0.3) is 0 Å². The van der Waals surface area contributed by atoms with E-state index >= 15 is 0 Å². The molecular formula is C31H33BrClN3O6. The van der Waals surface area contributed by atoms with Crippen LogP contribution in [-0.4, -0.2) is 43.7 Å². The molecule has 0 aromatic heterocycles. The molecule has 1 atom stereocenters. The lowest BCUT2D eigenvalue weighted by molar-refractivity contribution is -0.165. The lowest BCUT2D eigenvalue weighted by Gasteiger charge is -2.22. The molecule has 1 aliphatic rings. The summed E-state index contributed by atoms with van der Waals surface area (Å²) in [5.41, 5.74) is 8.51. The largest absolute Gasteiger partial charge is 0.491 e. The van der Waals surface area contributed by atoms with E-state index < -0.39 is 5.91 Å². The number of nitrogens with one attached hydrogen (secondary N) is 2. The number of benzene rings is 3. The third kappa shape index (κ3) is 9.03. The normalized spacial score (nSPS) is 14.7. The number of primary amides is 1. The maximum atomic E-state index is 13.4. The quantitative estimate of drug-likeness (QED) is 0.141. The smallest absolute Gasteiger partial charge is 0.224 e. The van der Waals surface area contributed by atoms with Crippen LogP contribution in [-0.2, 0) is 19.1 Å². The van der Waals surface area contributed by atoms with E-state index in [1.807, 2.05) is 19.1 Å². The zero-order valence-corrected chi connectivity index (χ0v) is 25.6. The summed E-state index contributed by atoms with van der Waals surface area (Å²) >= 11 is 9.97. The molecule has 0 bridgehead atoms. The van der Waals surface area contributed by atoms with Crippen LogP contribution in [0.15, 0.2) is 59.1 Å². The number of anilines is 3. The first-order valence-corrected chi connectivity index (χ1v) is 14.8. The highest BCUT2D eigenvalue weighted by Gasteiger charge is 2.18. The lowest BCUT2D eigenvalue weighted by Crippen LogP contribution is -2.24. The Kier molecular flexibility index (Phi) is 11.4. The van der Waals surface area contributed by atoms with Crippen molar-refractivity contribution < 1.29 is 28.6 Å². The van der Waals surface area contributed by atoms with Crippen molar-refractivity contribution in [2.75, 3.05) is 30.5 Å². The van der Waals surface area contributed by atoms with Crippen molar-refractivity contribution in [3.05, 3.63) is 80.8 Å². The number of amides is 2. The minimum Gasteiger partial charge on any atom is -0.491 e. The molecule has 1 saturated heterocycles. The van der Waals surface area contributed by atoms with Gasteiger partial charge >= 0.3 is 0 Å². The summed E-state index contributed by atoms with van der Waals surface area (Å²) < 4.78 is 17.8. The van der Waals surface area contributed by atoms with E-state index in [0.717, 1.165) is 35.9 Å². The van der Waals surface area contributed by atoms with Gasteiger partial charge in [0.2, 0.25) is 11.8 Å². The van der Waals surface area contributed by atoms with E-state index in [2.05, 4.69) is 26.6 Å². The fourth-order valence-corrected chi connectivity index (χ4v) is 5.05. The van der Waals surface area contributed by atoms with Crippen LogP contribution < -0.4 is 21.1 Å². The lowest BCUT2D eigenvalue weighted by atomic mass is 9.98. The molecule has 3 aromatic rings. The summed E-state index contributed by atoms with van der Waals surface area (Å²) in [6.45, 7) is 3.38. The number of hydrogen-bond donors (Lipinski definition) is 3. The van der Waals surface area contributed by atoms with Gasteiger partial charge in [0.25, 0.3) is 0 Å². The second-order valence-corrected chi connectivity index (χ2v) is 11.2. The van der Waals surface area contributed by atoms with Gasteiger partial charge in [0, 0.05) is 40.7 Å². The standard InChI is InChI=1S/C31H33BrClN3O6/c1-19-16-22(40-14-15-42-30-4-2-3-13-41-30)7-9-23(19)31(39)24-8-6-21(18-25(24)33)35-26-10-5-20(32)17-27(26)36-29(38)12-11-28(34)37/h5-10,16-18,30,35H,2-4,11-15H2,1H3,(H2,34,37)(H,36,38). The summed E-state index contributed by atoms with van der Waals surface area (Å²) in [5, 5.41) is 6.28. The maximum Gasteiger partial charge on any atom is 0.224 e. The summed E-state index contributed by atoms with van der Waals surface area (Å²) in [6, 6.07) is 15.7. The Labute approximate surface area is 258 Å². The van der Waals surface area contributed by atoms with Gasteiger partial charge in [-0.25, -0.2) is 0 Å². The van der Waals surface area contributed by atoms with Gasteiger partial charge in [0.1, 0.15) is 12.4 Å². The first-order valence-electron chi connectivity index (χ1n) is 13.7. The number of halogens is 2. The molecule has 1 heterocycles. The summed E-state index contributed by atoms with van der Waals surface area (Å²) in [5.74, 6) is -0.454. The van der Waals surface area contributed by atoms with Gasteiger partial charge in [0.15, 0.2) is 12.1 Å². The van der Waals surface area contributed by atoms with Crippen molar-refractivity contribution in [3.63, 3.8) is 0 Å². The Hall–Kier alpha value is -3.44. The second kappa shape index (κ2) is 15.2. The average Bonchev–Trinajstić information content (AvgIpc) is 2.96. The van der Waals surface area contributed by atoms with Gasteiger partial charge in [-0.15, -0.1) is 0 Å². The Morgan fingerprint density at radius 3 is 2.52 bits per heavy atom. The Morgan fingerprint density at radius 1 is 1.00 bits per heavy atom. The molecule has 11 heteroatoms. The number of carbonyl (C=O) groups is 3. The highest BCUT2D eigenvalue weighted by Crippen LogP contribution is 2.32. The van der Waals surface area contributed by atoms with Crippen molar-refractivity contribution in [1.82, 2.24) is 0 Å². The molecule has 4 rings (SSSR count). The molecule has 0 radical (unpaired) electrons. The molecule has 1 aliphatic heterocycles. The van der Waals surface area contributed by atoms with Crippen molar-refractivity contribution in [2.24, 2.45) is 5.73 Å². The molecule has 42 heavy (non-hydrogen) atoms. The van der Waals surface area contributed by atoms with Crippen LogP contribution in [0.3, 0.4) is 0 Å². The third-order valence-corrected chi connectivity index (χ3v) is 7.39. The summed E-state index contributed by atoms with van der Waals surface area (Å²) in [6.07, 6.45) is 2.85. The van der Waals surface area contributed by atoms with E-state index in [-0.39, 0.29) is 35.8 Å². The Balaban J connectivity index is 1.38. The fourth-order valence-electron chi connectivity index (χ4n) is 4.42. The predicted molar refractivity (Wildman–Crippen MR) is 166 cm³/mol. The van der Waals surface area contributed by atoms with Crippen molar-refractivity contribution in [1.29, 1.82) is 0 Å². The molecular weight excluding hydrogens is 626 g/mol. The molecule has 3 aromatic carbocycles. The van der Waals surface area contributed by atoms with Gasteiger partial charge in [0.05, 0.1) is 23.0 Å². The van der Waals surface area contributed by atoms with Gasteiger partial charge < -0.3 is 30.6 Å². The SMILES string of the molecule is Cc1cc(OCCOC2CCCCO2)ccc1C(=O)c1ccc(Nc2ccc(Br)cc2NC(=O)CCC(N)=O)cc1Cl. The van der Waals surface area contributed by atoms with Crippen molar-refractivity contribution in [2.45, 2.75) is 45.3 Å². The van der Waals surface area contributed by atoms with Crippen molar-refractivity contribution in [3.8, 4) is 5.75 Å². The van der Waals surface area contributed by atoms with Gasteiger partial charge in [-0.1, -0.05) is 27.5 Å². The number of aryl methyl sites for hydroxylation is 1. The molecule has 1 fully saturated rings. The second-order valence-electron chi connectivity index (χ2n) is 9.85. The van der Waals surface area contributed by atoms with Crippen LogP contribution >= 0.6 is 27.5 Å². The van der Waals surface area contributed by atoms with E-state index in [1.165, 1.54) is 0 Å². The third-order valence-electron chi connectivity index (χ3n) is 6.58. The highest BCUT2D eigenvalue weighted by atomic mass is 79.9. The zero-order chi connectivity index (χ0) is 30.1. The van der Waals surface area contributed by atoms with Crippen LogP contribution in [0, 0.1) is 6.92 Å². The monoisotopic (exact) mass is 657 g/mol. The van der Waals surface area contributed by atoms with Crippen LogP contribution in [0.5, 0.6) is 5.75 Å². The summed E-state index contributed by atoms with van der Waals surface area (Å²) in [4.78, 5) is 36.7. The average molecular weight is 659 g/mol. The van der Waals surface area contributed by atoms with Crippen LogP contribution in [0.2, 0.25) is 5.02 Å². The molecule has 0 saturated carbocycles. The molecule has 1 unspecified atom stereocenters. The number of rotatable bonds is 13. The highest BCUT2D eigenvalue weighted by molar-refractivity contribution is 9.10. The minimum absolute atomic E-state index is 0.0271. The van der Waals surface area contributed by atoms with Crippen LogP contribution in [0.4, 0.5) is 17.1 Å². The molecule has 9 nitrogen and oxygen atoms in total. The predicted octanol–water partition coefficient (Wildman–Crippen LogP) is 6.51. The minimum atomic E-state index is -0.549. The van der Waals surface area contributed by atoms with Gasteiger partial charge in [-0.05, 0) is 86.3 Å². The first-order chi connectivity index (χ1) is 20.2. The number of ketones is 1. The number of nitrogens with two attached hydrogens (primary N) is 1. The van der Waals surface area contributed by atoms with Gasteiger partial charge in [-0.3, -0.25) is 14.4 Å². The molecule has 0 aliphatic carbocycles. The Morgan fingerprint density at radius 2 is 1.81 bits per heavy atom. The molecule has 0 spiro atoms. The molecule has 4 N–H and O–H groups in total. The van der Waals surface area contributed by atoms with E-state index in [9.17, 15) is 14.4 Å². The fraction of sp³-hybridized carbons (Fsp3) is 0.323. The zero-order valence-electron chi connectivity index (χ0n) is 23.2. The topological polar surface area (TPSA) is 129 Å². The molecule has 2 amide bonds. The summed E-state index contributed by atoms with van der Waals surface area (Å²) in [7, 11) is 0. The molecule has 222 valence electrons. The van der Waals surface area contributed by atoms with E-state index in [1.54, 1.807) is 42.5 Å².